The summed E-state index contributed by atoms with van der Waals surface area (Å²) in [7, 11) is 0. The molecule has 1 aliphatic heterocycles. The molecule has 1 heterocycles. The predicted octanol–water partition coefficient (Wildman–Crippen LogP) is 4.17. The molecule has 0 saturated carbocycles. The van der Waals surface area contributed by atoms with Gasteiger partial charge in [0, 0.05) is 17.3 Å². The molecule has 82 valence electrons. The van der Waals surface area contributed by atoms with E-state index in [0.717, 1.165) is 11.3 Å². The Kier molecular flexibility index (Phi) is 2.55. The van der Waals surface area contributed by atoms with Gasteiger partial charge in [-0.25, -0.2) is 0 Å². The summed E-state index contributed by atoms with van der Waals surface area (Å²) in [6, 6.07) is 8.33. The van der Waals surface area contributed by atoms with Crippen molar-refractivity contribution in [3.63, 3.8) is 0 Å². The lowest BCUT2D eigenvalue weighted by Crippen LogP contribution is -2.23. The van der Waals surface area contributed by atoms with Crippen LogP contribution in [0.4, 0.5) is 0 Å². The first-order valence-corrected chi connectivity index (χ1v) is 5.53. The lowest BCUT2D eigenvalue weighted by atomic mass is 9.76. The van der Waals surface area contributed by atoms with E-state index in [4.69, 9.17) is 0 Å². The summed E-state index contributed by atoms with van der Waals surface area (Å²) in [6.45, 7) is 10.6. The number of rotatable bonds is 0. The second-order valence-electron chi connectivity index (χ2n) is 4.72. The fraction of sp³-hybridized carbons (Fsp3) is 0.267. The fourth-order valence-corrected chi connectivity index (χ4v) is 1.86. The second-order valence-corrected chi connectivity index (χ2v) is 4.72. The predicted molar refractivity (Wildman–Crippen MR) is 71.4 cm³/mol. The molecule has 0 saturated heterocycles. The molecule has 0 radical (unpaired) electrons. The van der Waals surface area contributed by atoms with Gasteiger partial charge in [0.25, 0.3) is 0 Å². The van der Waals surface area contributed by atoms with Gasteiger partial charge in [-0.3, -0.25) is 4.99 Å². The molecule has 0 N–H and O–H groups in total. The Morgan fingerprint density at radius 1 is 1.19 bits per heavy atom. The molecule has 16 heavy (non-hydrogen) atoms. The summed E-state index contributed by atoms with van der Waals surface area (Å²) in [6.07, 6.45) is 3.92. The summed E-state index contributed by atoms with van der Waals surface area (Å²) in [5.41, 5.74) is 4.56. The topological polar surface area (TPSA) is 12.4 Å². The molecular weight excluding hydrogens is 194 g/mol. The third-order valence-corrected chi connectivity index (χ3v) is 3.47. The average Bonchev–Trinajstić information content (AvgIpc) is 2.27. The highest BCUT2D eigenvalue weighted by molar-refractivity contribution is 6.00. The SMILES string of the molecule is C=C1c2ccccc2/C=C\N=C(C)C1(C)C. The van der Waals surface area contributed by atoms with Gasteiger partial charge in [-0.05, 0) is 29.7 Å². The van der Waals surface area contributed by atoms with Crippen LogP contribution in [-0.2, 0) is 0 Å². The molecule has 0 atom stereocenters. The van der Waals surface area contributed by atoms with Gasteiger partial charge in [0.1, 0.15) is 0 Å². The fourth-order valence-electron chi connectivity index (χ4n) is 1.86. The highest BCUT2D eigenvalue weighted by Gasteiger charge is 2.27. The molecule has 0 fully saturated rings. The van der Waals surface area contributed by atoms with Crippen molar-refractivity contribution < 1.29 is 0 Å². The van der Waals surface area contributed by atoms with Crippen LogP contribution in [-0.4, -0.2) is 5.71 Å². The van der Waals surface area contributed by atoms with Crippen molar-refractivity contribution in [2.45, 2.75) is 20.8 Å². The molecule has 0 amide bonds. The van der Waals surface area contributed by atoms with E-state index < -0.39 is 0 Å². The van der Waals surface area contributed by atoms with Crippen LogP contribution < -0.4 is 0 Å². The van der Waals surface area contributed by atoms with Crippen LogP contribution in [0.2, 0.25) is 0 Å². The number of aliphatic imine (C=N–C) groups is 1. The minimum Gasteiger partial charge on any atom is -0.265 e. The largest absolute Gasteiger partial charge is 0.265 e. The van der Waals surface area contributed by atoms with Gasteiger partial charge in [0.15, 0.2) is 0 Å². The molecule has 0 bridgehead atoms. The third kappa shape index (κ3) is 1.63. The van der Waals surface area contributed by atoms with Crippen molar-refractivity contribution in [3.8, 4) is 0 Å². The molecule has 1 aromatic carbocycles. The van der Waals surface area contributed by atoms with Crippen LogP contribution in [0.1, 0.15) is 31.9 Å². The van der Waals surface area contributed by atoms with Gasteiger partial charge in [0.2, 0.25) is 0 Å². The Morgan fingerprint density at radius 3 is 2.62 bits per heavy atom. The van der Waals surface area contributed by atoms with Crippen LogP contribution in [0.3, 0.4) is 0 Å². The summed E-state index contributed by atoms with van der Waals surface area (Å²) >= 11 is 0. The maximum atomic E-state index is 4.46. The number of benzene rings is 1. The first kappa shape index (κ1) is 10.9. The van der Waals surface area contributed by atoms with Crippen LogP contribution >= 0.6 is 0 Å². The molecular formula is C15H17N. The molecule has 1 aromatic rings. The molecule has 0 aromatic heterocycles. The first-order valence-electron chi connectivity index (χ1n) is 5.53. The highest BCUT2D eigenvalue weighted by atomic mass is 14.7. The summed E-state index contributed by atoms with van der Waals surface area (Å²) in [5, 5.41) is 0. The number of fused-ring (bicyclic) bond motifs is 1. The van der Waals surface area contributed by atoms with E-state index in [2.05, 4.69) is 50.5 Å². The Bertz CT molecular complexity index is 490. The van der Waals surface area contributed by atoms with Crippen LogP contribution in [0.15, 0.2) is 42.0 Å². The van der Waals surface area contributed by atoms with Crippen molar-refractivity contribution in [2.24, 2.45) is 10.4 Å². The minimum atomic E-state index is -0.0825. The van der Waals surface area contributed by atoms with Crippen molar-refractivity contribution in [3.05, 3.63) is 48.2 Å². The molecule has 0 aliphatic carbocycles. The summed E-state index contributed by atoms with van der Waals surface area (Å²) < 4.78 is 0. The van der Waals surface area contributed by atoms with Crippen LogP contribution in [0.5, 0.6) is 0 Å². The van der Waals surface area contributed by atoms with Gasteiger partial charge in [0.05, 0.1) is 0 Å². The Hall–Kier alpha value is -1.63. The van der Waals surface area contributed by atoms with Gasteiger partial charge < -0.3 is 0 Å². The Labute approximate surface area is 97.2 Å². The molecule has 1 heteroatoms. The maximum Gasteiger partial charge on any atom is 0.0277 e. The van der Waals surface area contributed by atoms with Crippen molar-refractivity contribution >= 4 is 17.4 Å². The lowest BCUT2D eigenvalue weighted by Gasteiger charge is -2.29. The molecule has 1 nitrogen and oxygen atoms in total. The molecule has 0 unspecified atom stereocenters. The monoisotopic (exact) mass is 211 g/mol. The maximum absolute atomic E-state index is 4.46. The van der Waals surface area contributed by atoms with E-state index in [1.165, 1.54) is 11.1 Å². The molecule has 0 spiro atoms. The number of nitrogens with zero attached hydrogens (tertiary/aromatic N) is 1. The van der Waals surface area contributed by atoms with Crippen LogP contribution in [0, 0.1) is 5.41 Å². The standard InChI is InChI=1S/C15H17N/c1-11-14-8-6-5-7-13(14)9-10-16-12(2)15(11,3)4/h5-10H,1H2,2-4H3/b10-9-,16-12?. The number of allylic oxidation sites excluding steroid dienone is 1. The van der Waals surface area contributed by atoms with Gasteiger partial charge in [-0.15, -0.1) is 0 Å². The smallest absolute Gasteiger partial charge is 0.0277 e. The zero-order valence-corrected chi connectivity index (χ0v) is 10.1. The average molecular weight is 211 g/mol. The van der Waals surface area contributed by atoms with Crippen molar-refractivity contribution in [2.75, 3.05) is 0 Å². The van der Waals surface area contributed by atoms with E-state index in [1.54, 1.807) is 0 Å². The lowest BCUT2D eigenvalue weighted by molar-refractivity contribution is 0.696. The van der Waals surface area contributed by atoms with Gasteiger partial charge >= 0.3 is 0 Å². The molecule has 1 aliphatic rings. The number of hydrogen-bond acceptors (Lipinski definition) is 1. The quantitative estimate of drug-likeness (QED) is 0.610. The van der Waals surface area contributed by atoms with Crippen molar-refractivity contribution in [1.29, 1.82) is 0 Å². The van der Waals surface area contributed by atoms with E-state index in [9.17, 15) is 0 Å². The van der Waals surface area contributed by atoms with E-state index in [0.29, 0.717) is 0 Å². The normalized spacial score (nSPS) is 20.4. The Morgan fingerprint density at radius 2 is 1.88 bits per heavy atom. The van der Waals surface area contributed by atoms with Gasteiger partial charge in [-0.1, -0.05) is 44.7 Å². The number of hydrogen-bond donors (Lipinski definition) is 0. The Balaban J connectivity index is 2.66. The highest BCUT2D eigenvalue weighted by Crippen LogP contribution is 2.37. The second kappa shape index (κ2) is 3.75. The zero-order chi connectivity index (χ0) is 11.8. The summed E-state index contributed by atoms with van der Waals surface area (Å²) in [4.78, 5) is 4.46. The summed E-state index contributed by atoms with van der Waals surface area (Å²) in [5.74, 6) is 0. The van der Waals surface area contributed by atoms with E-state index >= 15 is 0 Å². The van der Waals surface area contributed by atoms with E-state index in [1.807, 2.05) is 18.3 Å². The van der Waals surface area contributed by atoms with E-state index in [-0.39, 0.29) is 5.41 Å². The van der Waals surface area contributed by atoms with Crippen molar-refractivity contribution in [1.82, 2.24) is 0 Å². The third-order valence-electron chi connectivity index (χ3n) is 3.47. The van der Waals surface area contributed by atoms with Gasteiger partial charge in [-0.2, -0.15) is 0 Å². The van der Waals surface area contributed by atoms with Crippen LogP contribution in [0.25, 0.3) is 11.6 Å². The molecule has 2 rings (SSSR count). The minimum absolute atomic E-state index is 0.0825. The zero-order valence-electron chi connectivity index (χ0n) is 10.1. The first-order chi connectivity index (χ1) is 7.53.